The van der Waals surface area contributed by atoms with Crippen LogP contribution < -0.4 is 5.32 Å². The van der Waals surface area contributed by atoms with Crippen LogP contribution in [-0.4, -0.2) is 72.4 Å². The van der Waals surface area contributed by atoms with Gasteiger partial charge in [0.25, 0.3) is 5.91 Å². The number of nitrogens with zero attached hydrogens (tertiary/aromatic N) is 2. The third kappa shape index (κ3) is 3.96. The number of nitrogens with one attached hydrogen (secondary N) is 2. The normalized spacial score (nSPS) is 25.7. The van der Waals surface area contributed by atoms with E-state index in [1.54, 1.807) is 0 Å². The fourth-order valence-electron chi connectivity index (χ4n) is 3.39. The van der Waals surface area contributed by atoms with Crippen LogP contribution in [0.4, 0.5) is 13.2 Å². The van der Waals surface area contributed by atoms with E-state index >= 15 is 0 Å². The molecule has 25 heavy (non-hydrogen) atoms. The lowest BCUT2D eigenvalue weighted by Crippen LogP contribution is -2.62. The third-order valence-corrected chi connectivity index (χ3v) is 4.70. The molecule has 2 N–H and O–H groups in total. The van der Waals surface area contributed by atoms with E-state index in [-0.39, 0.29) is 6.54 Å². The van der Waals surface area contributed by atoms with Crippen molar-refractivity contribution in [3.05, 3.63) is 17.7 Å². The molecule has 0 radical (unpaired) electrons. The van der Waals surface area contributed by atoms with E-state index < -0.39 is 29.0 Å². The van der Waals surface area contributed by atoms with Gasteiger partial charge in [0, 0.05) is 26.2 Å². The summed E-state index contributed by atoms with van der Waals surface area (Å²) in [6, 6.07) is 0. The van der Waals surface area contributed by atoms with E-state index in [1.165, 1.54) is 0 Å². The maximum absolute atomic E-state index is 12.9. The van der Waals surface area contributed by atoms with Crippen molar-refractivity contribution < 1.29 is 27.4 Å². The molecule has 0 spiro atoms. The van der Waals surface area contributed by atoms with Gasteiger partial charge in [0.1, 0.15) is 0 Å². The van der Waals surface area contributed by atoms with Crippen molar-refractivity contribution in [1.29, 1.82) is 0 Å². The van der Waals surface area contributed by atoms with Gasteiger partial charge < -0.3 is 19.8 Å². The minimum Gasteiger partial charge on any atom is -0.379 e. The Bertz CT molecular complexity index is 593. The Morgan fingerprint density at radius 2 is 2.08 bits per heavy atom. The number of hydrogen-bond acceptors (Lipinski definition) is 5. The van der Waals surface area contributed by atoms with Crippen LogP contribution in [0, 0.1) is 0 Å². The summed E-state index contributed by atoms with van der Waals surface area (Å²) in [4.78, 5) is 20.0. The van der Waals surface area contributed by atoms with Crippen molar-refractivity contribution in [1.82, 2.24) is 20.2 Å². The summed E-state index contributed by atoms with van der Waals surface area (Å²) in [5.74, 6) is -0.841. The van der Waals surface area contributed by atoms with Crippen molar-refractivity contribution in [2.45, 2.75) is 24.6 Å². The first-order valence-electron chi connectivity index (χ1n) is 8.22. The van der Waals surface area contributed by atoms with Gasteiger partial charge in [-0.05, 0) is 12.8 Å². The van der Waals surface area contributed by atoms with Gasteiger partial charge in [0.15, 0.2) is 11.4 Å². The van der Waals surface area contributed by atoms with Crippen molar-refractivity contribution in [2.24, 2.45) is 0 Å². The van der Waals surface area contributed by atoms with Gasteiger partial charge in [-0.1, -0.05) is 0 Å². The molecule has 2 saturated heterocycles. The fourth-order valence-corrected chi connectivity index (χ4v) is 3.39. The van der Waals surface area contributed by atoms with Crippen molar-refractivity contribution >= 4 is 5.91 Å². The Kier molecular flexibility index (Phi) is 5.30. The number of rotatable bonds is 4. The number of alkyl halides is 3. The molecule has 1 aromatic heterocycles. The topological polar surface area (TPSA) is 79.5 Å². The maximum Gasteiger partial charge on any atom is 0.433 e. The Labute approximate surface area is 142 Å². The molecule has 7 nitrogen and oxygen atoms in total. The van der Waals surface area contributed by atoms with Crippen LogP contribution in [0.2, 0.25) is 0 Å². The summed E-state index contributed by atoms with van der Waals surface area (Å²) in [5.41, 5.74) is -2.20. The number of hydrogen-bond donors (Lipinski definition) is 2. The molecule has 3 heterocycles. The molecule has 0 bridgehead atoms. The number of halogens is 3. The van der Waals surface area contributed by atoms with Gasteiger partial charge in [-0.3, -0.25) is 9.69 Å². The Morgan fingerprint density at radius 1 is 1.32 bits per heavy atom. The summed E-state index contributed by atoms with van der Waals surface area (Å²) in [6.45, 7) is 3.87. The van der Waals surface area contributed by atoms with Crippen LogP contribution >= 0.6 is 0 Å². The van der Waals surface area contributed by atoms with Gasteiger partial charge in [-0.15, -0.1) is 0 Å². The van der Waals surface area contributed by atoms with E-state index in [0.29, 0.717) is 39.5 Å². The SMILES string of the molecule is O=C(NCC1(N2CCOCC2)CCCOC1)c1nc[nH]c1C(F)(F)F. The molecule has 3 rings (SSSR count). The van der Waals surface area contributed by atoms with Crippen molar-refractivity contribution in [3.8, 4) is 0 Å². The quantitative estimate of drug-likeness (QED) is 0.837. The highest BCUT2D eigenvalue weighted by molar-refractivity contribution is 5.93. The average Bonchev–Trinajstić information content (AvgIpc) is 3.12. The molecular formula is C15H21F3N4O3. The molecule has 2 aliphatic rings. The van der Waals surface area contributed by atoms with Crippen LogP contribution in [0.15, 0.2) is 6.33 Å². The van der Waals surface area contributed by atoms with Gasteiger partial charge in [0.2, 0.25) is 0 Å². The molecule has 10 heteroatoms. The van der Waals surface area contributed by atoms with Gasteiger partial charge in [0.05, 0.1) is 31.7 Å². The first kappa shape index (κ1) is 18.2. The summed E-state index contributed by atoms with van der Waals surface area (Å²) in [6.07, 6.45) is -2.14. The van der Waals surface area contributed by atoms with E-state index in [4.69, 9.17) is 9.47 Å². The lowest BCUT2D eigenvalue weighted by Gasteiger charge is -2.47. The van der Waals surface area contributed by atoms with Gasteiger partial charge in [-0.25, -0.2) is 4.98 Å². The lowest BCUT2D eigenvalue weighted by atomic mass is 9.89. The molecule has 1 atom stereocenters. The Hall–Kier alpha value is -1.65. The predicted molar refractivity (Wildman–Crippen MR) is 81.1 cm³/mol. The first-order chi connectivity index (χ1) is 11.9. The molecule has 1 aromatic rings. The number of ether oxygens (including phenoxy) is 2. The highest BCUT2D eigenvalue weighted by Gasteiger charge is 2.41. The molecule has 0 aromatic carbocycles. The molecule has 140 valence electrons. The van der Waals surface area contributed by atoms with Crippen LogP contribution in [0.1, 0.15) is 29.0 Å². The minimum atomic E-state index is -4.65. The average molecular weight is 362 g/mol. The second kappa shape index (κ2) is 7.30. The van der Waals surface area contributed by atoms with Gasteiger partial charge >= 0.3 is 6.18 Å². The second-order valence-corrected chi connectivity index (χ2v) is 6.29. The molecule has 0 saturated carbocycles. The maximum atomic E-state index is 12.9. The van der Waals surface area contributed by atoms with Crippen LogP contribution in [0.3, 0.4) is 0 Å². The molecule has 1 unspecified atom stereocenters. The van der Waals surface area contributed by atoms with E-state index in [0.717, 1.165) is 19.2 Å². The van der Waals surface area contributed by atoms with E-state index in [1.807, 2.05) is 4.98 Å². The molecule has 2 fully saturated rings. The minimum absolute atomic E-state index is 0.204. The zero-order chi connectivity index (χ0) is 17.9. The molecule has 1 amide bonds. The fraction of sp³-hybridized carbons (Fsp3) is 0.733. The molecule has 2 aliphatic heterocycles. The molecular weight excluding hydrogens is 341 g/mol. The van der Waals surface area contributed by atoms with Crippen molar-refractivity contribution in [2.75, 3.05) is 46.1 Å². The summed E-state index contributed by atoms with van der Waals surface area (Å²) in [7, 11) is 0. The smallest absolute Gasteiger partial charge is 0.379 e. The number of amides is 1. The number of carbonyl (C=O) groups excluding carboxylic acids is 1. The number of aromatic nitrogens is 2. The number of H-pyrrole nitrogens is 1. The number of carbonyl (C=O) groups is 1. The van der Waals surface area contributed by atoms with Crippen LogP contribution in [0.5, 0.6) is 0 Å². The Morgan fingerprint density at radius 3 is 2.72 bits per heavy atom. The van der Waals surface area contributed by atoms with Gasteiger partial charge in [-0.2, -0.15) is 13.2 Å². The van der Waals surface area contributed by atoms with Crippen LogP contribution in [0.25, 0.3) is 0 Å². The highest BCUT2D eigenvalue weighted by atomic mass is 19.4. The van der Waals surface area contributed by atoms with Crippen LogP contribution in [-0.2, 0) is 15.7 Å². The zero-order valence-corrected chi connectivity index (χ0v) is 13.7. The van der Waals surface area contributed by atoms with E-state index in [9.17, 15) is 18.0 Å². The second-order valence-electron chi connectivity index (χ2n) is 6.29. The number of imidazole rings is 1. The number of morpholine rings is 1. The lowest BCUT2D eigenvalue weighted by molar-refractivity contribution is -0.141. The number of aromatic amines is 1. The Balaban J connectivity index is 1.71. The largest absolute Gasteiger partial charge is 0.433 e. The summed E-state index contributed by atoms with van der Waals surface area (Å²) in [5, 5.41) is 2.62. The third-order valence-electron chi connectivity index (χ3n) is 4.70. The zero-order valence-electron chi connectivity index (χ0n) is 13.7. The van der Waals surface area contributed by atoms with E-state index in [2.05, 4.69) is 15.2 Å². The monoisotopic (exact) mass is 362 g/mol. The highest BCUT2D eigenvalue weighted by Crippen LogP contribution is 2.30. The first-order valence-corrected chi connectivity index (χ1v) is 8.22. The summed E-state index contributed by atoms with van der Waals surface area (Å²) < 4.78 is 49.7. The van der Waals surface area contributed by atoms with Crippen molar-refractivity contribution in [3.63, 3.8) is 0 Å². The summed E-state index contributed by atoms with van der Waals surface area (Å²) >= 11 is 0. The predicted octanol–water partition coefficient (Wildman–Crippen LogP) is 1.04. The standard InChI is InChI=1S/C15H21F3N4O3/c16-15(17,18)12-11(20-10-21-12)13(23)19-8-14(2-1-5-25-9-14)22-3-6-24-7-4-22/h10H,1-9H2,(H,19,23)(H,20,21). The molecule has 0 aliphatic carbocycles.